The summed E-state index contributed by atoms with van der Waals surface area (Å²) in [5.74, 6) is -1.64. The minimum Gasteiger partial charge on any atom is -0.481 e. The number of aliphatic carboxylic acids is 1. The van der Waals surface area contributed by atoms with E-state index in [0.29, 0.717) is 0 Å². The molecule has 0 unspecified atom stereocenters. The van der Waals surface area contributed by atoms with Gasteiger partial charge in [0.2, 0.25) is 0 Å². The van der Waals surface area contributed by atoms with Crippen molar-refractivity contribution >= 4 is 11.9 Å². The molecule has 1 aromatic rings. The molecule has 108 valence electrons. The van der Waals surface area contributed by atoms with Crippen LogP contribution in [0.2, 0.25) is 0 Å². The number of esters is 1. The predicted molar refractivity (Wildman–Crippen MR) is 73.9 cm³/mol. The Kier molecular flexibility index (Phi) is 5.16. The zero-order valence-corrected chi connectivity index (χ0v) is 11.5. The predicted octanol–water partition coefficient (Wildman–Crippen LogP) is 3.01. The number of hydrogen-bond acceptors (Lipinski definition) is 3. The Labute approximate surface area is 118 Å². The zero-order chi connectivity index (χ0) is 14.4. The Bertz CT molecular complexity index is 449. The molecule has 1 aliphatic rings. The van der Waals surface area contributed by atoms with Gasteiger partial charge in [0.25, 0.3) is 0 Å². The van der Waals surface area contributed by atoms with Gasteiger partial charge in [-0.05, 0) is 24.3 Å². The maximum Gasteiger partial charge on any atom is 0.310 e. The van der Waals surface area contributed by atoms with Crippen LogP contribution in [0.25, 0.3) is 0 Å². The number of benzene rings is 1. The number of carbonyl (C=O) groups is 2. The number of carboxylic acids is 1. The lowest BCUT2D eigenvalue weighted by atomic mass is 9.88. The Balaban J connectivity index is 1.93. The van der Waals surface area contributed by atoms with Crippen LogP contribution in [-0.4, -0.2) is 17.0 Å². The smallest absolute Gasteiger partial charge is 0.310 e. The van der Waals surface area contributed by atoms with Crippen LogP contribution >= 0.6 is 0 Å². The molecule has 1 N–H and O–H groups in total. The van der Waals surface area contributed by atoms with E-state index in [1.807, 2.05) is 30.3 Å². The van der Waals surface area contributed by atoms with Gasteiger partial charge < -0.3 is 9.84 Å². The molecule has 4 nitrogen and oxygen atoms in total. The second-order valence-electron chi connectivity index (χ2n) is 5.34. The first-order chi connectivity index (χ1) is 9.66. The number of carbonyl (C=O) groups excluding carboxylic acids is 1. The molecule has 0 bridgehead atoms. The van der Waals surface area contributed by atoms with E-state index < -0.39 is 11.9 Å². The van der Waals surface area contributed by atoms with Crippen LogP contribution in [0.3, 0.4) is 0 Å². The number of carboxylic acid groups (broad SMARTS) is 1. The van der Waals surface area contributed by atoms with Crippen molar-refractivity contribution in [3.05, 3.63) is 35.9 Å². The summed E-state index contributed by atoms with van der Waals surface area (Å²) in [4.78, 5) is 23.1. The lowest BCUT2D eigenvalue weighted by Gasteiger charge is -2.20. The van der Waals surface area contributed by atoms with Gasteiger partial charge in [0.05, 0.1) is 12.3 Å². The van der Waals surface area contributed by atoms with Gasteiger partial charge in [0.1, 0.15) is 6.61 Å². The number of ether oxygens (including phenoxy) is 1. The fourth-order valence-corrected chi connectivity index (χ4v) is 2.83. The minimum absolute atomic E-state index is 0.127. The van der Waals surface area contributed by atoms with Gasteiger partial charge in [-0.2, -0.15) is 0 Å². The Morgan fingerprint density at radius 2 is 1.85 bits per heavy atom. The first-order valence-electron chi connectivity index (χ1n) is 7.09. The average molecular weight is 276 g/mol. The third-order valence-electron chi connectivity index (χ3n) is 3.89. The molecule has 1 aromatic carbocycles. The molecular formula is C16H20O4. The molecular weight excluding hydrogens is 256 g/mol. The zero-order valence-electron chi connectivity index (χ0n) is 11.5. The van der Waals surface area contributed by atoms with Gasteiger partial charge >= 0.3 is 11.9 Å². The highest BCUT2D eigenvalue weighted by atomic mass is 16.5. The topological polar surface area (TPSA) is 63.6 Å². The first-order valence-corrected chi connectivity index (χ1v) is 7.09. The molecule has 2 rings (SSSR count). The average Bonchev–Trinajstić information content (AvgIpc) is 2.97. The Morgan fingerprint density at radius 3 is 2.45 bits per heavy atom. The molecule has 1 aliphatic carbocycles. The Morgan fingerprint density at radius 1 is 1.20 bits per heavy atom. The quantitative estimate of drug-likeness (QED) is 0.811. The van der Waals surface area contributed by atoms with Crippen LogP contribution in [-0.2, 0) is 20.9 Å². The van der Waals surface area contributed by atoms with E-state index in [2.05, 4.69) is 0 Å². The molecule has 1 atom stereocenters. The molecule has 0 spiro atoms. The normalized spacial score (nSPS) is 16.8. The van der Waals surface area contributed by atoms with Crippen molar-refractivity contribution in [2.75, 3.05) is 0 Å². The molecule has 0 heterocycles. The second kappa shape index (κ2) is 7.08. The van der Waals surface area contributed by atoms with Crippen LogP contribution in [0, 0.1) is 11.8 Å². The van der Waals surface area contributed by atoms with Crippen LogP contribution < -0.4 is 0 Å². The summed E-state index contributed by atoms with van der Waals surface area (Å²) in [6, 6.07) is 9.44. The van der Waals surface area contributed by atoms with E-state index in [9.17, 15) is 9.59 Å². The molecule has 0 aliphatic heterocycles. The van der Waals surface area contributed by atoms with Gasteiger partial charge in [-0.25, -0.2) is 0 Å². The fourth-order valence-electron chi connectivity index (χ4n) is 2.83. The molecule has 1 saturated carbocycles. The van der Waals surface area contributed by atoms with E-state index in [0.717, 1.165) is 31.2 Å². The molecule has 0 saturated heterocycles. The van der Waals surface area contributed by atoms with E-state index in [4.69, 9.17) is 9.84 Å². The van der Waals surface area contributed by atoms with Gasteiger partial charge in [-0.15, -0.1) is 0 Å². The van der Waals surface area contributed by atoms with E-state index in [1.54, 1.807) is 0 Å². The van der Waals surface area contributed by atoms with Crippen molar-refractivity contribution in [2.45, 2.75) is 38.7 Å². The monoisotopic (exact) mass is 276 g/mol. The van der Waals surface area contributed by atoms with Gasteiger partial charge in [0, 0.05) is 0 Å². The van der Waals surface area contributed by atoms with Crippen LogP contribution in [0.1, 0.15) is 37.7 Å². The van der Waals surface area contributed by atoms with E-state index in [1.165, 1.54) is 0 Å². The van der Waals surface area contributed by atoms with Crippen molar-refractivity contribution in [3.8, 4) is 0 Å². The Hall–Kier alpha value is -1.84. The third-order valence-corrected chi connectivity index (χ3v) is 3.89. The van der Waals surface area contributed by atoms with Crippen molar-refractivity contribution in [2.24, 2.45) is 11.8 Å². The van der Waals surface area contributed by atoms with Crippen molar-refractivity contribution in [1.29, 1.82) is 0 Å². The highest BCUT2D eigenvalue weighted by Gasteiger charge is 2.33. The van der Waals surface area contributed by atoms with Crippen molar-refractivity contribution in [3.63, 3.8) is 0 Å². The van der Waals surface area contributed by atoms with Gasteiger partial charge in [-0.1, -0.05) is 43.2 Å². The highest BCUT2D eigenvalue weighted by Crippen LogP contribution is 2.34. The van der Waals surface area contributed by atoms with E-state index >= 15 is 0 Å². The maximum atomic E-state index is 12.2. The number of hydrogen-bond donors (Lipinski definition) is 1. The highest BCUT2D eigenvalue weighted by molar-refractivity contribution is 5.79. The first kappa shape index (κ1) is 14.6. The third kappa shape index (κ3) is 4.08. The summed E-state index contributed by atoms with van der Waals surface area (Å²) in [6.07, 6.45) is 3.88. The molecule has 0 aromatic heterocycles. The van der Waals surface area contributed by atoms with Crippen LogP contribution in [0.5, 0.6) is 0 Å². The summed E-state index contributed by atoms with van der Waals surface area (Å²) >= 11 is 0. The second-order valence-corrected chi connectivity index (χ2v) is 5.34. The summed E-state index contributed by atoms with van der Waals surface area (Å²) < 4.78 is 5.30. The minimum atomic E-state index is -0.932. The molecule has 0 amide bonds. The standard InChI is InChI=1S/C16H20O4/c17-15(18)10-14(13-8-4-5-9-13)16(19)20-11-12-6-2-1-3-7-12/h1-3,6-7,13-14H,4-5,8-11H2,(H,17,18)/t14-/m1/s1. The lowest BCUT2D eigenvalue weighted by Crippen LogP contribution is -2.27. The maximum absolute atomic E-state index is 12.2. The van der Waals surface area contributed by atoms with Crippen molar-refractivity contribution in [1.82, 2.24) is 0 Å². The van der Waals surface area contributed by atoms with Crippen LogP contribution in [0.4, 0.5) is 0 Å². The molecule has 20 heavy (non-hydrogen) atoms. The SMILES string of the molecule is O=C(O)C[C@@H](C(=O)OCc1ccccc1)C1CCCC1. The van der Waals surface area contributed by atoms with Crippen molar-refractivity contribution < 1.29 is 19.4 Å². The largest absolute Gasteiger partial charge is 0.481 e. The van der Waals surface area contributed by atoms with E-state index in [-0.39, 0.29) is 24.9 Å². The lowest BCUT2D eigenvalue weighted by molar-refractivity contribution is -0.156. The summed E-state index contributed by atoms with van der Waals surface area (Å²) in [5.41, 5.74) is 0.918. The van der Waals surface area contributed by atoms with Gasteiger partial charge in [0.15, 0.2) is 0 Å². The fraction of sp³-hybridized carbons (Fsp3) is 0.500. The molecule has 1 fully saturated rings. The summed E-state index contributed by atoms with van der Waals surface area (Å²) in [6.45, 7) is 0.211. The molecule has 4 heteroatoms. The molecule has 0 radical (unpaired) electrons. The summed E-state index contributed by atoms with van der Waals surface area (Å²) in [5, 5.41) is 8.97. The summed E-state index contributed by atoms with van der Waals surface area (Å²) in [7, 11) is 0. The van der Waals surface area contributed by atoms with Crippen LogP contribution in [0.15, 0.2) is 30.3 Å². The van der Waals surface area contributed by atoms with Gasteiger partial charge in [-0.3, -0.25) is 9.59 Å². The number of rotatable bonds is 6.